The molecule has 0 aromatic heterocycles. The Kier molecular flexibility index (Phi) is 22.0. The van der Waals surface area contributed by atoms with E-state index in [9.17, 15) is 58.0 Å². The summed E-state index contributed by atoms with van der Waals surface area (Å²) in [6.45, 7) is 17.5. The third-order valence-electron chi connectivity index (χ3n) is 17.5. The van der Waals surface area contributed by atoms with Crippen molar-refractivity contribution in [1.29, 1.82) is 0 Å². The first-order valence-electron chi connectivity index (χ1n) is 30.5. The Bertz CT molecular complexity index is 3470. The second-order valence-corrected chi connectivity index (χ2v) is 29.2. The molecule has 3 fully saturated rings. The van der Waals surface area contributed by atoms with Crippen LogP contribution in [0.5, 0.6) is 0 Å². The van der Waals surface area contributed by atoms with Crippen LogP contribution < -0.4 is 25.6 Å². The van der Waals surface area contributed by atoms with E-state index in [1.807, 2.05) is 47.2 Å². The Morgan fingerprint density at radius 1 is 0.798 bits per heavy atom. The van der Waals surface area contributed by atoms with Crippen LogP contribution in [0.4, 0.5) is 39.0 Å². The van der Waals surface area contributed by atoms with Crippen molar-refractivity contribution in [1.82, 2.24) is 29.6 Å². The molecule has 2 atom stereocenters. The summed E-state index contributed by atoms with van der Waals surface area (Å²) in [6, 6.07) is 22.2. The molecule has 4 aromatic carbocycles. The number of amides is 4. The predicted molar refractivity (Wildman–Crippen MR) is 335 cm³/mol. The number of unbranched alkanes of at least 4 members (excludes halogenated alkanes) is 2. The molecule has 4 aliphatic heterocycles. The van der Waals surface area contributed by atoms with Crippen molar-refractivity contribution in [3.05, 3.63) is 131 Å². The van der Waals surface area contributed by atoms with E-state index in [0.29, 0.717) is 76.0 Å². The third kappa shape index (κ3) is 17.4. The highest BCUT2D eigenvalue weighted by Crippen LogP contribution is 2.43. The summed E-state index contributed by atoms with van der Waals surface area (Å²) in [6.07, 6.45) is 4.00. The van der Waals surface area contributed by atoms with Gasteiger partial charge in [-0.05, 0) is 136 Å². The summed E-state index contributed by atoms with van der Waals surface area (Å²) in [5, 5.41) is 8.86. The number of carbonyl (C=O) groups is 4. The highest BCUT2D eigenvalue weighted by molar-refractivity contribution is 7.99. The summed E-state index contributed by atoms with van der Waals surface area (Å²) in [7, 11) is -11.1. The Morgan fingerprint density at radius 3 is 2.18 bits per heavy atom. The topological polar surface area (TPSA) is 201 Å². The van der Waals surface area contributed by atoms with Gasteiger partial charge in [-0.3, -0.25) is 29.4 Å². The summed E-state index contributed by atoms with van der Waals surface area (Å²) in [5.74, 6) is -1.75. The van der Waals surface area contributed by atoms with Crippen LogP contribution in [0.15, 0.2) is 129 Å². The molecule has 4 heterocycles. The minimum Gasteiger partial charge on any atom is -0.385 e. The zero-order valence-electron chi connectivity index (χ0n) is 50.4. The van der Waals surface area contributed by atoms with Crippen molar-refractivity contribution in [2.75, 3.05) is 99.8 Å². The number of thioether (sulfide) groups is 1. The molecule has 9 rings (SSSR count). The molecule has 3 saturated heterocycles. The van der Waals surface area contributed by atoms with E-state index in [1.165, 1.54) is 29.5 Å². The monoisotopic (exact) mass is 1290 g/mol. The van der Waals surface area contributed by atoms with Crippen LogP contribution in [-0.2, 0) is 36.0 Å². The first-order chi connectivity index (χ1) is 42.3. The predicted octanol–water partition coefficient (Wildman–Crippen LogP) is 9.95. The molecule has 4 aromatic rings. The number of sulfone groups is 1. The van der Waals surface area contributed by atoms with Gasteiger partial charge >= 0.3 is 5.51 Å². The van der Waals surface area contributed by atoms with Gasteiger partial charge in [-0.1, -0.05) is 62.3 Å². The number of piperazine rings is 2. The van der Waals surface area contributed by atoms with Crippen molar-refractivity contribution in [3.8, 4) is 0 Å². The second kappa shape index (κ2) is 29.3. The minimum atomic E-state index is -6.14. The molecule has 5 aliphatic rings. The van der Waals surface area contributed by atoms with Gasteiger partial charge in [0.1, 0.15) is 10.9 Å². The molecule has 0 radical (unpaired) electrons. The zero-order chi connectivity index (χ0) is 63.7. The van der Waals surface area contributed by atoms with Crippen molar-refractivity contribution >= 4 is 72.3 Å². The maximum atomic E-state index is 14.5. The third-order valence-corrected chi connectivity index (χ3v) is 21.5. The number of carbonyl (C=O) groups excluding carboxylic acids is 4. The van der Waals surface area contributed by atoms with Gasteiger partial charge in [-0.25, -0.2) is 30.3 Å². The lowest BCUT2D eigenvalue weighted by Crippen LogP contribution is -2.52. The van der Waals surface area contributed by atoms with Crippen LogP contribution in [0.1, 0.15) is 111 Å². The molecule has 0 saturated carbocycles. The van der Waals surface area contributed by atoms with Crippen LogP contribution in [0.25, 0.3) is 0 Å². The number of imide groups is 1. The number of hydrogen-bond donors (Lipinski definition) is 4. The highest BCUT2D eigenvalue weighted by atomic mass is 32.2. The SMILES string of the molecule is C=C(CCC(F)F)C1=C(CN2CCN(c3ccc(C(=O)NS(=O)(=O)c4ccc(N[C@H](CCN5CCN(CCCCCNc6cccc7c6CN(C6CCC(=O)NC6=O)C7=O)CC5)CSc5ccccc5)c(S(=O)(=O)C(F)(F)F)c4)cc3)CC2)CCC(C)(C)C1. The van der Waals surface area contributed by atoms with Gasteiger partial charge in [-0.2, -0.15) is 13.2 Å². The van der Waals surface area contributed by atoms with E-state index in [-0.39, 0.29) is 48.6 Å². The van der Waals surface area contributed by atoms with Crippen molar-refractivity contribution in [2.24, 2.45) is 5.41 Å². The van der Waals surface area contributed by atoms with Gasteiger partial charge in [0.25, 0.3) is 31.7 Å². The minimum absolute atomic E-state index is 0.0534. The van der Waals surface area contributed by atoms with Crippen molar-refractivity contribution in [2.45, 2.75) is 130 Å². The average Bonchev–Trinajstić information content (AvgIpc) is 1.89. The number of sulfonamides is 1. The molecule has 25 heteroatoms. The van der Waals surface area contributed by atoms with Gasteiger partial charge in [0.2, 0.25) is 18.2 Å². The normalized spacial score (nSPS) is 19.3. The lowest BCUT2D eigenvalue weighted by molar-refractivity contribution is -0.136. The van der Waals surface area contributed by atoms with Crippen LogP contribution in [-0.4, -0.2) is 168 Å². The Hall–Kier alpha value is -6.38. The van der Waals surface area contributed by atoms with Gasteiger partial charge in [0.05, 0.1) is 10.6 Å². The van der Waals surface area contributed by atoms with E-state index in [4.69, 9.17) is 0 Å². The molecule has 89 heavy (non-hydrogen) atoms. The molecular weight excluding hydrogens is 1210 g/mol. The fourth-order valence-electron chi connectivity index (χ4n) is 12.3. The van der Waals surface area contributed by atoms with Crippen LogP contribution in [0, 0.1) is 5.41 Å². The number of anilines is 3. The molecule has 1 unspecified atom stereocenters. The quantitative estimate of drug-likeness (QED) is 0.0190. The van der Waals surface area contributed by atoms with Crippen molar-refractivity contribution in [3.63, 3.8) is 0 Å². The molecule has 0 spiro atoms. The Morgan fingerprint density at radius 2 is 1.49 bits per heavy atom. The average molecular weight is 1290 g/mol. The number of halogens is 5. The molecular formula is C64H80F5N9O8S3. The highest BCUT2D eigenvalue weighted by Gasteiger charge is 2.49. The number of piperidine rings is 1. The van der Waals surface area contributed by atoms with E-state index in [1.54, 1.807) is 23.1 Å². The number of allylic oxidation sites excluding steroid dienone is 2. The molecule has 482 valence electrons. The van der Waals surface area contributed by atoms with Gasteiger partial charge in [0.15, 0.2) is 0 Å². The lowest BCUT2D eigenvalue weighted by atomic mass is 9.72. The number of fused-ring (bicyclic) bond motifs is 1. The van der Waals surface area contributed by atoms with Crippen LogP contribution in [0.2, 0.25) is 0 Å². The standard InChI is InChI=1S/C64H80F5N9O8S3/c1-44(15-23-58(65)66)52-40-63(2,3)27-25-46(52)41-76-35-37-77(38-36-76)48-18-16-45(17-19-48)60(80)73-89(85,86)50-20-21-55(57(39-50)88(83,84)64(67,68)69)71-47(43-87-49-11-6-4-7-12-49)26-30-75-33-31-74(32-34-75)29-9-5-8-28-70-54-14-10-13-51-53(54)42-78(62(51)82)56-22-24-59(79)72-61(56)81/h4,6-7,10-14,16-21,39,47,56,58,70-71H,1,5,8-9,15,22-38,40-43H2,2-3H3,(H,73,80)(H,72,79,81)/t47-,56?/m1/s1. The second-order valence-electron chi connectivity index (χ2n) is 24.5. The zero-order valence-corrected chi connectivity index (χ0v) is 52.8. The van der Waals surface area contributed by atoms with E-state index >= 15 is 0 Å². The lowest BCUT2D eigenvalue weighted by Gasteiger charge is -2.39. The first kappa shape index (κ1) is 67.0. The van der Waals surface area contributed by atoms with E-state index < -0.39 is 71.2 Å². The number of nitrogens with one attached hydrogen (secondary N) is 4. The molecule has 0 bridgehead atoms. The molecule has 4 N–H and O–H groups in total. The van der Waals surface area contributed by atoms with Gasteiger partial charge in [0, 0.05) is 136 Å². The Labute approximate surface area is 523 Å². The molecule has 1 aliphatic carbocycles. The fourth-order valence-corrected chi connectivity index (χ4v) is 15.3. The van der Waals surface area contributed by atoms with Crippen LogP contribution >= 0.6 is 11.8 Å². The van der Waals surface area contributed by atoms with E-state index in [2.05, 4.69) is 56.0 Å². The van der Waals surface area contributed by atoms with Gasteiger partial charge < -0.3 is 30.2 Å². The number of hydrogen-bond acceptors (Lipinski definition) is 15. The number of nitrogens with zero attached hydrogens (tertiary/aromatic N) is 5. The smallest absolute Gasteiger partial charge is 0.385 e. The number of rotatable bonds is 27. The molecule has 17 nitrogen and oxygen atoms in total. The first-order valence-corrected chi connectivity index (χ1v) is 34.5. The largest absolute Gasteiger partial charge is 0.501 e. The maximum absolute atomic E-state index is 14.5. The summed E-state index contributed by atoms with van der Waals surface area (Å²) in [4.78, 5) is 60.4. The fraction of sp³-hybridized carbons (Fsp3) is 0.500. The summed E-state index contributed by atoms with van der Waals surface area (Å²) < 4.78 is 126. The summed E-state index contributed by atoms with van der Waals surface area (Å²) >= 11 is 1.43. The number of benzene rings is 4. The molecule has 4 amide bonds. The van der Waals surface area contributed by atoms with Gasteiger partial charge in [-0.15, -0.1) is 11.8 Å². The number of alkyl halides is 5. The van der Waals surface area contributed by atoms with Crippen molar-refractivity contribution < 1.29 is 58.0 Å². The van der Waals surface area contributed by atoms with Crippen LogP contribution in [0.3, 0.4) is 0 Å². The maximum Gasteiger partial charge on any atom is 0.501 e. The Balaban J connectivity index is 0.768. The van der Waals surface area contributed by atoms with E-state index in [0.717, 1.165) is 116 Å². The summed E-state index contributed by atoms with van der Waals surface area (Å²) in [5.41, 5.74) is -0.0717.